The summed E-state index contributed by atoms with van der Waals surface area (Å²) in [7, 11) is 0. The van der Waals surface area contributed by atoms with E-state index in [1.165, 1.54) is 13.8 Å². The Morgan fingerprint density at radius 2 is 1.36 bits per heavy atom. The van der Waals surface area contributed by atoms with E-state index in [2.05, 4.69) is 0 Å². The summed E-state index contributed by atoms with van der Waals surface area (Å²) in [4.78, 5) is 11.0. The van der Waals surface area contributed by atoms with Crippen LogP contribution < -0.4 is 0 Å². The van der Waals surface area contributed by atoms with Gasteiger partial charge in [-0.05, 0) is 29.7 Å². The van der Waals surface area contributed by atoms with Crippen LogP contribution in [-0.2, 0) is 21.9 Å². The Morgan fingerprint density at radius 1 is 0.955 bits per heavy atom. The highest BCUT2D eigenvalue weighted by atomic mass is 19.4. The van der Waals surface area contributed by atoms with Crippen molar-refractivity contribution in [2.24, 2.45) is 5.92 Å². The van der Waals surface area contributed by atoms with E-state index in [-0.39, 0.29) is 11.6 Å². The van der Waals surface area contributed by atoms with Crippen molar-refractivity contribution < 1.29 is 35.9 Å². The molecule has 0 saturated heterocycles. The molecule has 0 fully saturated rings. The Hall–Kier alpha value is -1.73. The molecule has 0 radical (unpaired) electrons. The van der Waals surface area contributed by atoms with Crippen LogP contribution >= 0.6 is 0 Å². The molecule has 1 aromatic rings. The molecule has 8 heteroatoms. The summed E-state index contributed by atoms with van der Waals surface area (Å²) >= 11 is 0. The van der Waals surface area contributed by atoms with Crippen molar-refractivity contribution in [2.75, 3.05) is 0 Å². The van der Waals surface area contributed by atoms with Crippen molar-refractivity contribution in [3.63, 3.8) is 0 Å². The molecule has 0 aliphatic rings. The number of hydrogen-bond donors (Lipinski definition) is 0. The summed E-state index contributed by atoms with van der Waals surface area (Å²) in [5.74, 6) is -1.28. The van der Waals surface area contributed by atoms with Gasteiger partial charge in [-0.25, -0.2) is 0 Å². The molecule has 0 bridgehead atoms. The van der Waals surface area contributed by atoms with Crippen LogP contribution in [0.2, 0.25) is 0 Å². The molecular formula is C14H14F6O2. The topological polar surface area (TPSA) is 26.3 Å². The van der Waals surface area contributed by atoms with Crippen LogP contribution in [0.5, 0.6) is 0 Å². The zero-order valence-electron chi connectivity index (χ0n) is 12.0. The van der Waals surface area contributed by atoms with Crippen LogP contribution in [0.25, 0.3) is 0 Å². The van der Waals surface area contributed by atoms with Gasteiger partial charge >= 0.3 is 18.3 Å². The smallest absolute Gasteiger partial charge is 0.416 e. The van der Waals surface area contributed by atoms with Crippen molar-refractivity contribution in [3.05, 3.63) is 34.9 Å². The molecule has 0 saturated carbocycles. The lowest BCUT2D eigenvalue weighted by atomic mass is 9.94. The molecule has 124 valence electrons. The maximum Gasteiger partial charge on any atom is 0.416 e. The van der Waals surface area contributed by atoms with E-state index in [1.54, 1.807) is 0 Å². The fraction of sp³-hybridized carbons (Fsp3) is 0.500. The van der Waals surface area contributed by atoms with Gasteiger partial charge in [0.05, 0.1) is 11.1 Å². The van der Waals surface area contributed by atoms with Crippen LogP contribution in [0.3, 0.4) is 0 Å². The minimum atomic E-state index is -4.94. The van der Waals surface area contributed by atoms with Gasteiger partial charge in [0.25, 0.3) is 0 Å². The molecule has 0 unspecified atom stereocenters. The van der Waals surface area contributed by atoms with E-state index in [0.717, 1.165) is 6.92 Å². The van der Waals surface area contributed by atoms with E-state index in [1.807, 2.05) is 0 Å². The Morgan fingerprint density at radius 3 is 1.64 bits per heavy atom. The predicted molar refractivity (Wildman–Crippen MR) is 65.8 cm³/mol. The number of halogens is 6. The van der Waals surface area contributed by atoms with Gasteiger partial charge in [0, 0.05) is 6.92 Å². The average Bonchev–Trinajstić information content (AvgIpc) is 2.32. The number of hydrogen-bond acceptors (Lipinski definition) is 2. The summed E-state index contributed by atoms with van der Waals surface area (Å²) in [6, 6.07) is 1.18. The molecule has 2 nitrogen and oxygen atoms in total. The highest BCUT2D eigenvalue weighted by molar-refractivity contribution is 5.66. The fourth-order valence-corrected chi connectivity index (χ4v) is 1.91. The summed E-state index contributed by atoms with van der Waals surface area (Å²) in [5.41, 5.74) is -3.21. The lowest BCUT2D eigenvalue weighted by Crippen LogP contribution is -2.18. The number of esters is 1. The van der Waals surface area contributed by atoms with E-state index in [9.17, 15) is 31.1 Å². The Kier molecular flexibility index (Phi) is 5.14. The monoisotopic (exact) mass is 328 g/mol. The summed E-state index contributed by atoms with van der Waals surface area (Å²) in [6.07, 6.45) is -11.1. The summed E-state index contributed by atoms with van der Waals surface area (Å²) in [6.45, 7) is 4.09. The van der Waals surface area contributed by atoms with E-state index < -0.39 is 41.5 Å². The third-order valence-corrected chi connectivity index (χ3v) is 2.84. The summed E-state index contributed by atoms with van der Waals surface area (Å²) in [5, 5.41) is 0. The normalized spacial score (nSPS) is 14.1. The minimum absolute atomic E-state index is 0.0364. The maximum atomic E-state index is 12.8. The quantitative estimate of drug-likeness (QED) is 0.577. The number of alkyl halides is 6. The minimum Gasteiger partial charge on any atom is -0.457 e. The maximum absolute atomic E-state index is 12.8. The molecule has 0 heterocycles. The van der Waals surface area contributed by atoms with Crippen LogP contribution in [0.15, 0.2) is 18.2 Å². The Bertz CT molecular complexity index is 513. The van der Waals surface area contributed by atoms with E-state index >= 15 is 0 Å². The van der Waals surface area contributed by atoms with Crippen LogP contribution in [0.4, 0.5) is 26.3 Å². The predicted octanol–water partition coefficient (Wildman–Crippen LogP) is 4.98. The average molecular weight is 328 g/mol. The molecule has 1 aromatic carbocycles. The first kappa shape index (κ1) is 18.3. The van der Waals surface area contributed by atoms with Gasteiger partial charge in [-0.15, -0.1) is 0 Å². The zero-order valence-corrected chi connectivity index (χ0v) is 12.0. The van der Waals surface area contributed by atoms with Crippen molar-refractivity contribution in [1.29, 1.82) is 0 Å². The van der Waals surface area contributed by atoms with Crippen molar-refractivity contribution in [1.82, 2.24) is 0 Å². The van der Waals surface area contributed by atoms with Crippen molar-refractivity contribution in [3.8, 4) is 0 Å². The zero-order chi connectivity index (χ0) is 17.3. The van der Waals surface area contributed by atoms with Crippen molar-refractivity contribution >= 4 is 5.97 Å². The number of rotatable bonds is 3. The molecule has 0 N–H and O–H groups in total. The second-order valence-electron chi connectivity index (χ2n) is 5.11. The highest BCUT2D eigenvalue weighted by Crippen LogP contribution is 2.39. The van der Waals surface area contributed by atoms with Crippen LogP contribution in [-0.4, -0.2) is 5.97 Å². The van der Waals surface area contributed by atoms with E-state index in [0.29, 0.717) is 12.1 Å². The number of benzene rings is 1. The lowest BCUT2D eigenvalue weighted by Gasteiger charge is -2.23. The Labute approximate surface area is 123 Å². The first-order chi connectivity index (χ1) is 9.82. The molecule has 1 rings (SSSR count). The molecule has 22 heavy (non-hydrogen) atoms. The molecule has 0 amide bonds. The molecule has 0 aliphatic heterocycles. The summed E-state index contributed by atoms with van der Waals surface area (Å²) < 4.78 is 81.6. The van der Waals surface area contributed by atoms with Gasteiger partial charge in [-0.1, -0.05) is 13.8 Å². The fourth-order valence-electron chi connectivity index (χ4n) is 1.91. The number of ether oxygens (including phenoxy) is 1. The standard InChI is InChI=1S/C14H14F6O2/c1-7(2)12(22-8(3)21)9-4-10(13(15,16)17)6-11(5-9)14(18,19)20/h4-7,12H,1-3H3/t12-/m1/s1. The molecular weight excluding hydrogens is 314 g/mol. The van der Waals surface area contributed by atoms with Gasteiger partial charge in [0.1, 0.15) is 6.10 Å². The lowest BCUT2D eigenvalue weighted by molar-refractivity contribution is -0.149. The third-order valence-electron chi connectivity index (χ3n) is 2.84. The van der Waals surface area contributed by atoms with Gasteiger partial charge in [-0.2, -0.15) is 26.3 Å². The first-order valence-corrected chi connectivity index (χ1v) is 6.29. The molecule has 0 aromatic heterocycles. The van der Waals surface area contributed by atoms with Gasteiger partial charge < -0.3 is 4.74 Å². The Balaban J connectivity index is 3.48. The second-order valence-corrected chi connectivity index (χ2v) is 5.11. The first-order valence-electron chi connectivity index (χ1n) is 6.29. The molecule has 1 atom stereocenters. The van der Waals surface area contributed by atoms with Gasteiger partial charge in [0.2, 0.25) is 0 Å². The van der Waals surface area contributed by atoms with Crippen LogP contribution in [0, 0.1) is 5.92 Å². The second kappa shape index (κ2) is 6.18. The largest absolute Gasteiger partial charge is 0.457 e. The van der Waals surface area contributed by atoms with Crippen LogP contribution in [0.1, 0.15) is 43.6 Å². The third kappa shape index (κ3) is 4.64. The van der Waals surface area contributed by atoms with E-state index in [4.69, 9.17) is 4.74 Å². The van der Waals surface area contributed by atoms with Gasteiger partial charge in [0.15, 0.2) is 0 Å². The molecule has 0 aliphatic carbocycles. The van der Waals surface area contributed by atoms with Crippen molar-refractivity contribution in [2.45, 2.75) is 39.2 Å². The molecule has 0 spiro atoms. The van der Waals surface area contributed by atoms with Gasteiger partial charge in [-0.3, -0.25) is 4.79 Å². The SMILES string of the molecule is CC(=O)O[C@@H](c1cc(C(F)(F)F)cc(C(F)(F)F)c1)C(C)C. The number of carbonyl (C=O) groups excluding carboxylic acids is 1. The number of carbonyl (C=O) groups is 1. The highest BCUT2D eigenvalue weighted by Gasteiger charge is 2.38.